The van der Waals surface area contributed by atoms with Gasteiger partial charge in [0, 0.05) is 23.2 Å². The minimum atomic E-state index is -1.05. The van der Waals surface area contributed by atoms with Crippen molar-refractivity contribution in [3.05, 3.63) is 45.6 Å². The molecule has 0 aliphatic carbocycles. The molecule has 1 aromatic carbocycles. The van der Waals surface area contributed by atoms with Gasteiger partial charge in [-0.2, -0.15) is 0 Å². The number of aromatic nitrogens is 2. The molecule has 0 saturated heterocycles. The first-order valence-corrected chi connectivity index (χ1v) is 7.43. The fraction of sp³-hybridized carbons (Fsp3) is 0.200. The summed E-state index contributed by atoms with van der Waals surface area (Å²) in [6.07, 6.45) is 1.77. The summed E-state index contributed by atoms with van der Waals surface area (Å²) >= 11 is 11.7. The van der Waals surface area contributed by atoms with E-state index >= 15 is 0 Å². The number of carbonyl (C=O) groups excluding carboxylic acids is 1. The Morgan fingerprint density at radius 3 is 2.75 bits per heavy atom. The molecule has 126 valence electrons. The van der Waals surface area contributed by atoms with E-state index in [1.807, 2.05) is 0 Å². The zero-order valence-electron chi connectivity index (χ0n) is 12.5. The molecule has 1 N–H and O–H groups in total. The van der Waals surface area contributed by atoms with Crippen molar-refractivity contribution >= 4 is 35.5 Å². The van der Waals surface area contributed by atoms with Crippen molar-refractivity contribution in [2.75, 3.05) is 13.6 Å². The van der Waals surface area contributed by atoms with Gasteiger partial charge >= 0.3 is 5.97 Å². The van der Waals surface area contributed by atoms with E-state index in [0.29, 0.717) is 6.29 Å². The van der Waals surface area contributed by atoms with E-state index in [1.54, 1.807) is 0 Å². The molecule has 6 nitrogen and oxygen atoms in total. The summed E-state index contributed by atoms with van der Waals surface area (Å²) in [6.45, 7) is -0.322. The quantitative estimate of drug-likeness (QED) is 0.620. The summed E-state index contributed by atoms with van der Waals surface area (Å²) in [5, 5.41) is 8.86. The van der Waals surface area contributed by atoms with Crippen LogP contribution >= 0.6 is 23.2 Å². The Bertz CT molecular complexity index is 802. The lowest BCUT2D eigenvalue weighted by molar-refractivity contribution is -0.138. The molecule has 0 atom stereocenters. The van der Waals surface area contributed by atoms with Crippen LogP contribution in [0.4, 0.5) is 4.39 Å². The molecule has 0 unspecified atom stereocenters. The molecule has 1 heterocycles. The predicted molar refractivity (Wildman–Crippen MR) is 86.8 cm³/mol. The first kappa shape index (κ1) is 18.3. The summed E-state index contributed by atoms with van der Waals surface area (Å²) < 4.78 is 14.5. The number of hydrogen-bond donors (Lipinski definition) is 1. The first-order chi connectivity index (χ1) is 11.3. The van der Waals surface area contributed by atoms with Gasteiger partial charge in [0.1, 0.15) is 5.82 Å². The number of hydrogen-bond acceptors (Lipinski definition) is 5. The molecule has 0 bridgehead atoms. The average molecular weight is 372 g/mol. The predicted octanol–water partition coefficient (Wildman–Crippen LogP) is 2.92. The number of benzene rings is 1. The molecule has 0 spiro atoms. The number of carbonyl (C=O) groups is 2. The third-order valence-corrected chi connectivity index (χ3v) is 3.64. The lowest BCUT2D eigenvalue weighted by Crippen LogP contribution is -2.26. The maximum absolute atomic E-state index is 14.5. The maximum atomic E-state index is 14.5. The van der Waals surface area contributed by atoms with Gasteiger partial charge in [-0.15, -0.1) is 0 Å². The van der Waals surface area contributed by atoms with Gasteiger partial charge in [0.05, 0.1) is 23.5 Å². The Kier molecular flexibility index (Phi) is 5.82. The number of nitrogens with zero attached hydrogens (tertiary/aromatic N) is 3. The molecule has 0 amide bonds. The summed E-state index contributed by atoms with van der Waals surface area (Å²) in [7, 11) is 1.51. The van der Waals surface area contributed by atoms with Crippen LogP contribution in [0, 0.1) is 5.82 Å². The molecule has 2 aromatic rings. The molecule has 1 aromatic heterocycles. The number of halogens is 3. The normalized spacial score (nSPS) is 10.9. The van der Waals surface area contributed by atoms with E-state index in [4.69, 9.17) is 28.3 Å². The molecule has 2 rings (SSSR count). The Balaban J connectivity index is 2.45. The van der Waals surface area contributed by atoms with Crippen molar-refractivity contribution in [1.82, 2.24) is 14.9 Å². The van der Waals surface area contributed by atoms with Crippen LogP contribution in [-0.4, -0.2) is 45.8 Å². The van der Waals surface area contributed by atoms with Crippen LogP contribution in [0.2, 0.25) is 10.3 Å². The highest BCUT2D eigenvalue weighted by atomic mass is 35.5. The summed E-state index contributed by atoms with van der Waals surface area (Å²) in [5.41, 5.74) is 0.638. The zero-order chi connectivity index (χ0) is 17.9. The minimum absolute atomic E-state index is 0.0370. The minimum Gasteiger partial charge on any atom is -0.480 e. The van der Waals surface area contributed by atoms with Crippen molar-refractivity contribution in [3.8, 4) is 11.3 Å². The van der Waals surface area contributed by atoms with Crippen molar-refractivity contribution in [3.63, 3.8) is 0 Å². The van der Waals surface area contributed by atoms with Crippen molar-refractivity contribution in [1.29, 1.82) is 0 Å². The largest absolute Gasteiger partial charge is 0.480 e. The lowest BCUT2D eigenvalue weighted by atomic mass is 10.0. The number of carboxylic acids is 1. The highest BCUT2D eigenvalue weighted by Crippen LogP contribution is 2.29. The Labute approximate surface area is 146 Å². The standard InChI is InChI=1S/C15H12Cl2FN3O3/c1-21(6-13(23)24)5-10-9(7-22)2-8(3-12(10)18)14-11(16)4-19-15(17)20-14/h2-4,7H,5-6H2,1H3,(H,23,24). The summed E-state index contributed by atoms with van der Waals surface area (Å²) in [4.78, 5) is 31.1. The SMILES string of the molecule is CN(CC(=O)O)Cc1c(F)cc(-c2nc(Cl)ncc2Cl)cc1C=O. The second-order valence-corrected chi connectivity index (χ2v) is 5.79. The van der Waals surface area contributed by atoms with Crippen LogP contribution in [0.25, 0.3) is 11.3 Å². The zero-order valence-corrected chi connectivity index (χ0v) is 14.0. The molecule has 24 heavy (non-hydrogen) atoms. The van der Waals surface area contributed by atoms with Gasteiger partial charge < -0.3 is 5.11 Å². The van der Waals surface area contributed by atoms with E-state index in [9.17, 15) is 14.0 Å². The Hall–Kier alpha value is -2.09. The van der Waals surface area contributed by atoms with E-state index in [1.165, 1.54) is 30.3 Å². The Morgan fingerprint density at radius 1 is 1.42 bits per heavy atom. The number of rotatable bonds is 6. The molecule has 0 aliphatic heterocycles. The highest BCUT2D eigenvalue weighted by molar-refractivity contribution is 6.33. The monoisotopic (exact) mass is 371 g/mol. The fourth-order valence-corrected chi connectivity index (χ4v) is 2.50. The van der Waals surface area contributed by atoms with Gasteiger partial charge in [-0.05, 0) is 30.8 Å². The smallest absolute Gasteiger partial charge is 0.317 e. The third-order valence-electron chi connectivity index (χ3n) is 3.18. The van der Waals surface area contributed by atoms with E-state index in [0.717, 1.165) is 0 Å². The van der Waals surface area contributed by atoms with Gasteiger partial charge in [-0.1, -0.05) is 11.6 Å². The topological polar surface area (TPSA) is 83.4 Å². The van der Waals surface area contributed by atoms with Gasteiger partial charge in [0.15, 0.2) is 6.29 Å². The third kappa shape index (κ3) is 4.25. The molecular formula is C15H12Cl2FN3O3. The Morgan fingerprint density at radius 2 is 2.12 bits per heavy atom. The van der Waals surface area contributed by atoms with Crippen LogP contribution in [0.3, 0.4) is 0 Å². The van der Waals surface area contributed by atoms with Gasteiger partial charge in [-0.3, -0.25) is 14.5 Å². The van der Waals surface area contributed by atoms with Crippen molar-refractivity contribution in [2.24, 2.45) is 0 Å². The van der Waals surface area contributed by atoms with Crippen molar-refractivity contribution in [2.45, 2.75) is 6.54 Å². The van der Waals surface area contributed by atoms with Crippen LogP contribution in [-0.2, 0) is 11.3 Å². The molecule has 0 aliphatic rings. The highest BCUT2D eigenvalue weighted by Gasteiger charge is 2.17. The van der Waals surface area contributed by atoms with Gasteiger partial charge in [0.25, 0.3) is 0 Å². The number of aliphatic carboxylic acids is 1. The summed E-state index contributed by atoms with van der Waals surface area (Å²) in [5.74, 6) is -1.72. The first-order valence-electron chi connectivity index (χ1n) is 6.68. The van der Waals surface area contributed by atoms with Gasteiger partial charge in [0.2, 0.25) is 5.28 Å². The van der Waals surface area contributed by atoms with E-state index < -0.39 is 11.8 Å². The number of aldehydes is 1. The van der Waals surface area contributed by atoms with Crippen LogP contribution in [0.1, 0.15) is 15.9 Å². The molecular weight excluding hydrogens is 360 g/mol. The molecule has 0 radical (unpaired) electrons. The van der Waals surface area contributed by atoms with E-state index in [-0.39, 0.29) is 45.8 Å². The second-order valence-electron chi connectivity index (χ2n) is 5.05. The van der Waals surface area contributed by atoms with Crippen LogP contribution in [0.15, 0.2) is 18.3 Å². The van der Waals surface area contributed by atoms with Crippen LogP contribution < -0.4 is 0 Å². The second kappa shape index (κ2) is 7.65. The average Bonchev–Trinajstić information content (AvgIpc) is 2.50. The molecule has 0 saturated carbocycles. The summed E-state index contributed by atoms with van der Waals surface area (Å²) in [6, 6.07) is 2.59. The molecule has 9 heteroatoms. The lowest BCUT2D eigenvalue weighted by Gasteiger charge is -2.17. The maximum Gasteiger partial charge on any atom is 0.317 e. The van der Waals surface area contributed by atoms with Crippen LogP contribution in [0.5, 0.6) is 0 Å². The number of carboxylic acid groups (broad SMARTS) is 1. The molecule has 0 fully saturated rings. The van der Waals surface area contributed by atoms with Gasteiger partial charge in [-0.25, -0.2) is 14.4 Å². The van der Waals surface area contributed by atoms with E-state index in [2.05, 4.69) is 9.97 Å². The van der Waals surface area contributed by atoms with Crippen molar-refractivity contribution < 1.29 is 19.1 Å². The fourth-order valence-electron chi connectivity index (χ4n) is 2.17. The number of likely N-dealkylation sites (N-methyl/N-ethyl adjacent to an activating group) is 1.